The fraction of sp³-hybridized carbons (Fsp3) is 0.176. The van der Waals surface area contributed by atoms with E-state index in [9.17, 15) is 8.42 Å². The average Bonchev–Trinajstić information content (AvgIpc) is 2.54. The van der Waals surface area contributed by atoms with Gasteiger partial charge in [-0.25, -0.2) is 18.4 Å². The molecule has 0 amide bonds. The van der Waals surface area contributed by atoms with Crippen molar-refractivity contribution < 1.29 is 8.42 Å². The molecule has 24 heavy (non-hydrogen) atoms. The first-order chi connectivity index (χ1) is 11.4. The van der Waals surface area contributed by atoms with E-state index in [1.54, 1.807) is 18.2 Å². The number of halogens is 1. The van der Waals surface area contributed by atoms with Gasteiger partial charge in [-0.05, 0) is 36.8 Å². The van der Waals surface area contributed by atoms with E-state index in [4.69, 9.17) is 0 Å². The van der Waals surface area contributed by atoms with E-state index in [-0.39, 0.29) is 10.9 Å². The monoisotopic (exact) mass is 405 g/mol. The molecule has 2 aromatic carbocycles. The summed E-state index contributed by atoms with van der Waals surface area (Å²) in [6.45, 7) is 2.02. The molecule has 3 aromatic rings. The molecule has 0 spiro atoms. The summed E-state index contributed by atoms with van der Waals surface area (Å²) in [5.41, 5.74) is 1.78. The molecule has 1 unspecified atom stereocenters. The van der Waals surface area contributed by atoms with Gasteiger partial charge in [0.2, 0.25) is 0 Å². The molecule has 5 nitrogen and oxygen atoms in total. The van der Waals surface area contributed by atoms with Gasteiger partial charge < -0.3 is 5.32 Å². The van der Waals surface area contributed by atoms with Crippen molar-refractivity contribution in [1.82, 2.24) is 9.97 Å². The quantitative estimate of drug-likeness (QED) is 0.710. The highest BCUT2D eigenvalue weighted by Crippen LogP contribution is 2.29. The summed E-state index contributed by atoms with van der Waals surface area (Å²) in [5.74, 6) is 0.605. The first-order valence-electron chi connectivity index (χ1n) is 7.32. The molecule has 0 saturated heterocycles. The minimum Gasteiger partial charge on any atom is -0.363 e. The molecule has 0 radical (unpaired) electrons. The van der Waals surface area contributed by atoms with Gasteiger partial charge >= 0.3 is 0 Å². The van der Waals surface area contributed by atoms with Gasteiger partial charge in [-0.2, -0.15) is 0 Å². The second-order valence-electron chi connectivity index (χ2n) is 5.56. The molecule has 1 aromatic heterocycles. The minimum atomic E-state index is -3.29. The summed E-state index contributed by atoms with van der Waals surface area (Å²) in [5, 5.41) is 4.02. The van der Waals surface area contributed by atoms with E-state index in [0.29, 0.717) is 16.7 Å². The third-order valence-electron chi connectivity index (χ3n) is 3.76. The second kappa shape index (κ2) is 6.49. The van der Waals surface area contributed by atoms with Crippen LogP contribution in [0.3, 0.4) is 0 Å². The van der Waals surface area contributed by atoms with E-state index in [0.717, 1.165) is 10.0 Å². The van der Waals surface area contributed by atoms with Gasteiger partial charge in [-0.3, -0.25) is 0 Å². The Morgan fingerprint density at radius 1 is 1.12 bits per heavy atom. The lowest BCUT2D eigenvalue weighted by Crippen LogP contribution is -2.09. The normalized spacial score (nSPS) is 13.0. The Balaban J connectivity index is 2.04. The average molecular weight is 406 g/mol. The third kappa shape index (κ3) is 3.42. The van der Waals surface area contributed by atoms with Crippen LogP contribution < -0.4 is 5.32 Å². The standard InChI is InChI=1S/C17H16BrN3O2S/c1-11(13-5-3-4-6-15(13)18)21-17-14-9-12(24(2,22)23)7-8-16(14)19-10-20-17/h3-11H,1-2H3,(H,19,20,21). The number of nitrogens with one attached hydrogen (secondary N) is 1. The molecular weight excluding hydrogens is 390 g/mol. The van der Waals surface area contributed by atoms with E-state index >= 15 is 0 Å². The molecule has 0 aliphatic rings. The summed E-state index contributed by atoms with van der Waals surface area (Å²) in [7, 11) is -3.29. The van der Waals surface area contributed by atoms with Crippen molar-refractivity contribution in [2.24, 2.45) is 0 Å². The van der Waals surface area contributed by atoms with Gasteiger partial charge in [0, 0.05) is 16.1 Å². The van der Waals surface area contributed by atoms with Crippen molar-refractivity contribution in [1.29, 1.82) is 0 Å². The highest BCUT2D eigenvalue weighted by atomic mass is 79.9. The zero-order valence-electron chi connectivity index (χ0n) is 13.2. The number of nitrogens with zero attached hydrogens (tertiary/aromatic N) is 2. The predicted octanol–water partition coefficient (Wildman–Crippen LogP) is 3.97. The number of fused-ring (bicyclic) bond motifs is 1. The van der Waals surface area contributed by atoms with Crippen LogP contribution in [0, 0.1) is 0 Å². The Bertz CT molecular complexity index is 1010. The fourth-order valence-corrected chi connectivity index (χ4v) is 3.77. The van der Waals surface area contributed by atoms with Crippen LogP contribution in [0.5, 0.6) is 0 Å². The van der Waals surface area contributed by atoms with Crippen LogP contribution in [0.25, 0.3) is 10.9 Å². The Morgan fingerprint density at radius 3 is 2.58 bits per heavy atom. The molecule has 124 valence electrons. The molecule has 1 N–H and O–H groups in total. The lowest BCUT2D eigenvalue weighted by molar-refractivity contribution is 0.602. The van der Waals surface area contributed by atoms with Gasteiger partial charge in [0.15, 0.2) is 9.84 Å². The van der Waals surface area contributed by atoms with E-state index in [1.165, 1.54) is 12.6 Å². The summed E-state index contributed by atoms with van der Waals surface area (Å²) in [4.78, 5) is 8.75. The van der Waals surface area contributed by atoms with Crippen LogP contribution in [0.1, 0.15) is 18.5 Å². The molecular formula is C17H16BrN3O2S. The zero-order chi connectivity index (χ0) is 17.3. The Labute approximate surface area is 149 Å². The Morgan fingerprint density at radius 2 is 1.88 bits per heavy atom. The Kier molecular flexibility index (Phi) is 4.56. The van der Waals surface area contributed by atoms with E-state index in [2.05, 4.69) is 31.2 Å². The number of benzene rings is 2. The largest absolute Gasteiger partial charge is 0.363 e. The molecule has 1 atom stereocenters. The number of aromatic nitrogens is 2. The topological polar surface area (TPSA) is 72.0 Å². The molecule has 0 bridgehead atoms. The van der Waals surface area contributed by atoms with Crippen LogP contribution in [0.4, 0.5) is 5.82 Å². The number of hydrogen-bond acceptors (Lipinski definition) is 5. The number of anilines is 1. The van der Waals surface area contributed by atoms with Crippen molar-refractivity contribution in [2.45, 2.75) is 17.9 Å². The SMILES string of the molecule is CC(Nc1ncnc2ccc(S(C)(=O)=O)cc12)c1ccccc1Br. The number of sulfone groups is 1. The molecule has 0 fully saturated rings. The molecule has 0 aliphatic carbocycles. The highest BCUT2D eigenvalue weighted by Gasteiger charge is 2.14. The molecule has 3 rings (SSSR count). The third-order valence-corrected chi connectivity index (χ3v) is 5.59. The second-order valence-corrected chi connectivity index (χ2v) is 8.43. The predicted molar refractivity (Wildman–Crippen MR) is 98.8 cm³/mol. The maximum absolute atomic E-state index is 11.8. The van der Waals surface area contributed by atoms with Gasteiger partial charge in [-0.15, -0.1) is 0 Å². The smallest absolute Gasteiger partial charge is 0.175 e. The van der Waals surface area contributed by atoms with Gasteiger partial charge in [-0.1, -0.05) is 34.1 Å². The number of hydrogen-bond donors (Lipinski definition) is 1. The van der Waals surface area contributed by atoms with Gasteiger partial charge in [0.25, 0.3) is 0 Å². The van der Waals surface area contributed by atoms with Crippen LogP contribution in [0.2, 0.25) is 0 Å². The fourth-order valence-electron chi connectivity index (χ4n) is 2.49. The summed E-state index contributed by atoms with van der Waals surface area (Å²) in [6.07, 6.45) is 2.66. The number of rotatable bonds is 4. The van der Waals surface area contributed by atoms with Crippen molar-refractivity contribution >= 4 is 42.5 Å². The first kappa shape index (κ1) is 16.9. The van der Waals surface area contributed by atoms with Crippen LogP contribution in [-0.4, -0.2) is 24.6 Å². The highest BCUT2D eigenvalue weighted by molar-refractivity contribution is 9.10. The van der Waals surface area contributed by atoms with Crippen molar-refractivity contribution in [3.05, 3.63) is 58.8 Å². The summed E-state index contributed by atoms with van der Waals surface area (Å²) in [6, 6.07) is 12.8. The minimum absolute atomic E-state index is 0.0134. The molecule has 0 aliphatic heterocycles. The van der Waals surface area contributed by atoms with Crippen LogP contribution >= 0.6 is 15.9 Å². The summed E-state index contributed by atoms with van der Waals surface area (Å²) < 4.78 is 24.6. The van der Waals surface area contributed by atoms with Crippen molar-refractivity contribution in [3.63, 3.8) is 0 Å². The first-order valence-corrected chi connectivity index (χ1v) is 10.0. The maximum atomic E-state index is 11.8. The Hall–Kier alpha value is -1.99. The van der Waals surface area contributed by atoms with Crippen LogP contribution in [-0.2, 0) is 9.84 Å². The maximum Gasteiger partial charge on any atom is 0.175 e. The van der Waals surface area contributed by atoms with Crippen LogP contribution in [0.15, 0.2) is 58.2 Å². The molecule has 7 heteroatoms. The van der Waals surface area contributed by atoms with E-state index < -0.39 is 9.84 Å². The molecule has 0 saturated carbocycles. The molecule has 1 heterocycles. The zero-order valence-corrected chi connectivity index (χ0v) is 15.6. The van der Waals surface area contributed by atoms with Gasteiger partial charge in [0.1, 0.15) is 12.1 Å². The van der Waals surface area contributed by atoms with Gasteiger partial charge in [0.05, 0.1) is 16.5 Å². The lowest BCUT2D eigenvalue weighted by atomic mass is 10.1. The lowest BCUT2D eigenvalue weighted by Gasteiger charge is -2.17. The van der Waals surface area contributed by atoms with Crippen molar-refractivity contribution in [2.75, 3.05) is 11.6 Å². The summed E-state index contributed by atoms with van der Waals surface area (Å²) >= 11 is 3.55. The van der Waals surface area contributed by atoms with E-state index in [1.807, 2.05) is 31.2 Å². The van der Waals surface area contributed by atoms with Crippen molar-refractivity contribution in [3.8, 4) is 0 Å².